The van der Waals surface area contributed by atoms with Gasteiger partial charge in [-0.05, 0) is 73.9 Å². The highest BCUT2D eigenvalue weighted by Crippen LogP contribution is 2.33. The Bertz CT molecular complexity index is 1630. The molecule has 0 unspecified atom stereocenters. The van der Waals surface area contributed by atoms with Crippen LogP contribution >= 0.6 is 0 Å². The number of benzene rings is 4. The summed E-state index contributed by atoms with van der Waals surface area (Å²) in [5, 5.41) is 0. The molecule has 0 atom stereocenters. The van der Waals surface area contributed by atoms with Crippen LogP contribution in [-0.4, -0.2) is 27.7 Å². The third-order valence-corrected chi connectivity index (χ3v) is 7.64. The summed E-state index contributed by atoms with van der Waals surface area (Å²) in [6, 6.07) is 30.4. The molecule has 4 aromatic carbocycles. The lowest BCUT2D eigenvalue weighted by atomic mass is 10.1. The second kappa shape index (κ2) is 15.5. The molecular weight excluding hydrogens is 568 g/mol. The summed E-state index contributed by atoms with van der Waals surface area (Å²) in [5.74, 6) is 0.708. The van der Waals surface area contributed by atoms with Crippen molar-refractivity contribution in [1.82, 2.24) is 14.5 Å². The third-order valence-electron chi connectivity index (χ3n) is 7.64. The molecule has 45 heavy (non-hydrogen) atoms. The highest BCUT2D eigenvalue weighted by atomic mass is 19.2. The average Bonchev–Trinajstić information content (AvgIpc) is 3.40. The van der Waals surface area contributed by atoms with Gasteiger partial charge in [-0.25, -0.2) is 13.8 Å². The van der Waals surface area contributed by atoms with E-state index in [1.807, 2.05) is 68.4 Å². The van der Waals surface area contributed by atoms with Gasteiger partial charge in [0.25, 0.3) is 0 Å². The Morgan fingerprint density at radius 2 is 1.31 bits per heavy atom. The lowest BCUT2D eigenvalue weighted by molar-refractivity contribution is 0.240. The van der Waals surface area contributed by atoms with E-state index in [9.17, 15) is 8.78 Å². The van der Waals surface area contributed by atoms with Gasteiger partial charge in [-0.2, -0.15) is 0 Å². The number of imidazole rings is 1. The second-order valence-corrected chi connectivity index (χ2v) is 11.0. The van der Waals surface area contributed by atoms with E-state index in [1.165, 1.54) is 12.1 Å². The molecule has 1 heterocycles. The summed E-state index contributed by atoms with van der Waals surface area (Å²) >= 11 is 0. The Morgan fingerprint density at radius 1 is 0.667 bits per heavy atom. The van der Waals surface area contributed by atoms with Crippen LogP contribution in [-0.2, 0) is 26.2 Å². The molecule has 0 amide bonds. The first kappa shape index (κ1) is 31.9. The first-order valence-corrected chi connectivity index (χ1v) is 15.7. The van der Waals surface area contributed by atoms with Crippen LogP contribution in [0.5, 0.6) is 11.5 Å². The van der Waals surface area contributed by atoms with Gasteiger partial charge in [-0.3, -0.25) is 4.90 Å². The first-order chi connectivity index (χ1) is 22.0. The number of hydrogen-bond donors (Lipinski definition) is 0. The van der Waals surface area contributed by atoms with Crippen LogP contribution in [0.15, 0.2) is 97.1 Å². The molecule has 0 fully saturated rings. The number of hydrogen-bond acceptors (Lipinski definition) is 4. The summed E-state index contributed by atoms with van der Waals surface area (Å²) in [4.78, 5) is 7.48. The Kier molecular flexibility index (Phi) is 11.0. The minimum atomic E-state index is -0.889. The first-order valence-electron chi connectivity index (χ1n) is 15.7. The van der Waals surface area contributed by atoms with E-state index in [0.29, 0.717) is 44.1 Å². The molecule has 5 aromatic rings. The van der Waals surface area contributed by atoms with Crippen molar-refractivity contribution in [3.63, 3.8) is 0 Å². The van der Waals surface area contributed by atoms with Gasteiger partial charge in [0.2, 0.25) is 0 Å². The van der Waals surface area contributed by atoms with Crippen molar-refractivity contribution in [2.45, 2.75) is 59.8 Å². The van der Waals surface area contributed by atoms with E-state index in [4.69, 9.17) is 14.5 Å². The normalized spacial score (nSPS) is 11.2. The van der Waals surface area contributed by atoms with Crippen molar-refractivity contribution < 1.29 is 18.3 Å². The molecule has 1 aromatic heterocycles. The number of aromatic nitrogens is 2. The molecule has 0 saturated carbocycles. The van der Waals surface area contributed by atoms with Gasteiger partial charge in [-0.15, -0.1) is 0 Å². The minimum Gasteiger partial charge on any atom is -0.494 e. The number of rotatable bonds is 15. The monoisotopic (exact) mass is 609 g/mol. The molecule has 0 spiro atoms. The van der Waals surface area contributed by atoms with E-state index >= 15 is 0 Å². The summed E-state index contributed by atoms with van der Waals surface area (Å²) in [6.07, 6.45) is 1.96. The number of unbranched alkanes of at least 4 members (excludes halogenated alkanes) is 1. The topological polar surface area (TPSA) is 39.5 Å². The predicted molar refractivity (Wildman–Crippen MR) is 176 cm³/mol. The van der Waals surface area contributed by atoms with Crippen LogP contribution < -0.4 is 9.47 Å². The lowest BCUT2D eigenvalue weighted by Crippen LogP contribution is -2.24. The Morgan fingerprint density at radius 3 is 1.89 bits per heavy atom. The summed E-state index contributed by atoms with van der Waals surface area (Å²) in [5.41, 5.74) is 5.35. The Labute approximate surface area is 265 Å². The molecule has 0 aliphatic carbocycles. The molecule has 0 saturated heterocycles. The Hall–Kier alpha value is -4.49. The smallest absolute Gasteiger partial charge is 0.159 e. The third kappa shape index (κ3) is 8.17. The zero-order chi connectivity index (χ0) is 31.6. The lowest BCUT2D eigenvalue weighted by Gasteiger charge is -2.25. The van der Waals surface area contributed by atoms with Crippen molar-refractivity contribution in [2.75, 3.05) is 13.2 Å². The molecule has 5 rings (SSSR count). The maximum absolute atomic E-state index is 14.6. The molecule has 5 nitrogen and oxygen atoms in total. The van der Waals surface area contributed by atoms with E-state index in [2.05, 4.69) is 40.7 Å². The summed E-state index contributed by atoms with van der Waals surface area (Å²) in [7, 11) is 0. The summed E-state index contributed by atoms with van der Waals surface area (Å²) < 4.78 is 42.6. The van der Waals surface area contributed by atoms with E-state index < -0.39 is 11.6 Å². The van der Waals surface area contributed by atoms with Crippen LogP contribution in [0.2, 0.25) is 0 Å². The molecule has 0 aliphatic heterocycles. The largest absolute Gasteiger partial charge is 0.494 e. The fourth-order valence-electron chi connectivity index (χ4n) is 5.58. The molecule has 0 aliphatic rings. The van der Waals surface area contributed by atoms with Crippen molar-refractivity contribution >= 4 is 0 Å². The van der Waals surface area contributed by atoms with Crippen LogP contribution in [0.1, 0.15) is 50.4 Å². The average molecular weight is 610 g/mol. The van der Waals surface area contributed by atoms with E-state index in [-0.39, 0.29) is 0 Å². The maximum Gasteiger partial charge on any atom is 0.159 e. The fourth-order valence-corrected chi connectivity index (χ4v) is 5.58. The van der Waals surface area contributed by atoms with Crippen molar-refractivity contribution in [3.8, 4) is 34.1 Å². The van der Waals surface area contributed by atoms with Crippen LogP contribution in [0.3, 0.4) is 0 Å². The van der Waals surface area contributed by atoms with Crippen molar-refractivity contribution in [1.29, 1.82) is 0 Å². The van der Waals surface area contributed by atoms with Gasteiger partial charge < -0.3 is 14.0 Å². The quantitative estimate of drug-likeness (QED) is 0.119. The van der Waals surface area contributed by atoms with Gasteiger partial charge in [0.15, 0.2) is 11.6 Å². The standard InChI is InChI=1S/C38H41F2N3O2/c1-4-7-21-43-36(37(31-19-20-34(39)35(40)24-31)41-38(43)30-15-9-8-10-16-30)27-42(25-28-13-11-17-32(22-28)44-5-2)26-29-14-12-18-33(23-29)45-6-3/h8-20,22-24H,4-7,21,25-27H2,1-3H3. The molecule has 0 N–H and O–H groups in total. The molecule has 0 radical (unpaired) electrons. The van der Waals surface area contributed by atoms with E-state index in [1.54, 1.807) is 6.07 Å². The van der Waals surface area contributed by atoms with Gasteiger partial charge in [0.1, 0.15) is 17.3 Å². The van der Waals surface area contributed by atoms with Crippen molar-refractivity contribution in [2.24, 2.45) is 0 Å². The SMILES string of the molecule is CCCCn1c(-c2ccccc2)nc(-c2ccc(F)c(F)c2)c1CN(Cc1cccc(OCC)c1)Cc1cccc(OCC)c1. The minimum absolute atomic E-state index is 0.523. The molecule has 234 valence electrons. The molecule has 7 heteroatoms. The second-order valence-electron chi connectivity index (χ2n) is 11.0. The number of halogens is 2. The fraction of sp³-hybridized carbons (Fsp3) is 0.289. The molecular formula is C38H41F2N3O2. The summed E-state index contributed by atoms with van der Waals surface area (Å²) in [6.45, 7) is 9.85. The maximum atomic E-state index is 14.6. The highest BCUT2D eigenvalue weighted by molar-refractivity contribution is 5.68. The van der Waals surface area contributed by atoms with Gasteiger partial charge in [0.05, 0.1) is 24.6 Å². The zero-order valence-electron chi connectivity index (χ0n) is 26.3. The zero-order valence-corrected chi connectivity index (χ0v) is 26.3. The van der Waals surface area contributed by atoms with Gasteiger partial charge in [0, 0.05) is 37.3 Å². The van der Waals surface area contributed by atoms with Gasteiger partial charge in [-0.1, -0.05) is 67.9 Å². The van der Waals surface area contributed by atoms with Crippen LogP contribution in [0, 0.1) is 11.6 Å². The van der Waals surface area contributed by atoms with Crippen LogP contribution in [0.25, 0.3) is 22.6 Å². The molecule has 0 bridgehead atoms. The number of nitrogens with zero attached hydrogens (tertiary/aromatic N) is 3. The Balaban J connectivity index is 1.63. The van der Waals surface area contributed by atoms with Crippen molar-refractivity contribution in [3.05, 3.63) is 126 Å². The van der Waals surface area contributed by atoms with Crippen LogP contribution in [0.4, 0.5) is 8.78 Å². The van der Waals surface area contributed by atoms with Gasteiger partial charge >= 0.3 is 0 Å². The highest BCUT2D eigenvalue weighted by Gasteiger charge is 2.23. The van der Waals surface area contributed by atoms with E-state index in [0.717, 1.165) is 59.1 Å². The predicted octanol–water partition coefficient (Wildman–Crippen LogP) is 9.30. The number of ether oxygens (including phenoxy) is 2.